The van der Waals surface area contributed by atoms with Crippen molar-refractivity contribution in [1.29, 1.82) is 0 Å². The molecular weight excluding hydrogens is 144 g/mol. The molecule has 0 aliphatic rings. The molecule has 0 saturated heterocycles. The second-order valence-electron chi connectivity index (χ2n) is 2.32. The van der Waals surface area contributed by atoms with Gasteiger partial charge in [-0.25, -0.2) is 0 Å². The molecule has 0 saturated carbocycles. The third kappa shape index (κ3) is 2.09. The summed E-state index contributed by atoms with van der Waals surface area (Å²) in [5, 5.41) is 8.44. The lowest BCUT2D eigenvalue weighted by Gasteiger charge is -2.06. The Morgan fingerprint density at radius 1 is 1.55 bits per heavy atom. The summed E-state index contributed by atoms with van der Waals surface area (Å²) in [6.45, 7) is 0.322. The van der Waals surface area contributed by atoms with Gasteiger partial charge in [0.2, 0.25) is 0 Å². The highest BCUT2D eigenvalue weighted by Crippen LogP contribution is 1.92. The fourth-order valence-corrected chi connectivity index (χ4v) is 0.797. The van der Waals surface area contributed by atoms with E-state index in [1.807, 2.05) is 12.1 Å². The minimum absolute atomic E-state index is 0.322. The van der Waals surface area contributed by atoms with E-state index in [0.29, 0.717) is 6.54 Å². The van der Waals surface area contributed by atoms with Crippen molar-refractivity contribution in [3.05, 3.63) is 24.5 Å². The smallest absolute Gasteiger partial charge is 0.322 e. The Kier molecular flexibility index (Phi) is 2.28. The number of hydrogen-bond donors (Lipinski definition) is 2. The summed E-state index contributed by atoms with van der Waals surface area (Å²) in [6.07, 6.45) is 3.56. The molecule has 0 amide bonds. The van der Waals surface area contributed by atoms with E-state index in [9.17, 15) is 4.79 Å². The zero-order chi connectivity index (χ0) is 8.27. The largest absolute Gasteiger partial charge is 0.480 e. The Morgan fingerprint density at radius 3 is 2.55 bits per heavy atom. The minimum atomic E-state index is -0.973. The van der Waals surface area contributed by atoms with E-state index >= 15 is 0 Å². The van der Waals surface area contributed by atoms with Crippen LogP contribution >= 0.6 is 0 Å². The first kappa shape index (κ1) is 7.81. The molecule has 3 N–H and O–H groups in total. The van der Waals surface area contributed by atoms with Crippen LogP contribution in [0, 0.1) is 0 Å². The second-order valence-corrected chi connectivity index (χ2v) is 2.32. The quantitative estimate of drug-likeness (QED) is 0.638. The Hall–Kier alpha value is -1.29. The predicted molar refractivity (Wildman–Crippen MR) is 40.0 cm³/mol. The molecular formula is C7H10N2O2. The lowest BCUT2D eigenvalue weighted by Crippen LogP contribution is -2.34. The maximum atomic E-state index is 10.3. The van der Waals surface area contributed by atoms with Crippen molar-refractivity contribution in [2.45, 2.75) is 12.6 Å². The topological polar surface area (TPSA) is 68.2 Å². The number of nitrogens with zero attached hydrogens (tertiary/aromatic N) is 1. The highest BCUT2D eigenvalue weighted by molar-refractivity contribution is 5.72. The number of aliphatic carboxylic acids is 1. The molecule has 4 nitrogen and oxygen atoms in total. The number of hydrogen-bond acceptors (Lipinski definition) is 2. The van der Waals surface area contributed by atoms with Gasteiger partial charge in [-0.05, 0) is 12.1 Å². The summed E-state index contributed by atoms with van der Waals surface area (Å²) in [5.41, 5.74) is 5.29. The molecule has 1 atom stereocenters. The SMILES string of the molecule is N[C@@H](Cn1cccc1)C(=O)O. The van der Waals surface area contributed by atoms with Crippen LogP contribution in [0.2, 0.25) is 0 Å². The molecule has 1 rings (SSSR count). The van der Waals surface area contributed by atoms with Gasteiger partial charge in [-0.15, -0.1) is 0 Å². The van der Waals surface area contributed by atoms with Crippen molar-refractivity contribution >= 4 is 5.97 Å². The maximum absolute atomic E-state index is 10.3. The Labute approximate surface area is 64.2 Å². The van der Waals surface area contributed by atoms with Gasteiger partial charge in [0.1, 0.15) is 6.04 Å². The van der Waals surface area contributed by atoms with Crippen LogP contribution in [0.5, 0.6) is 0 Å². The third-order valence-corrected chi connectivity index (χ3v) is 1.39. The molecule has 0 bridgehead atoms. The molecule has 1 aromatic heterocycles. The van der Waals surface area contributed by atoms with Crippen LogP contribution in [0.15, 0.2) is 24.5 Å². The van der Waals surface area contributed by atoms with Crippen molar-refractivity contribution < 1.29 is 9.90 Å². The summed E-state index contributed by atoms with van der Waals surface area (Å²) in [7, 11) is 0. The molecule has 0 spiro atoms. The van der Waals surface area contributed by atoms with E-state index < -0.39 is 12.0 Å². The van der Waals surface area contributed by atoms with Crippen LogP contribution in [0.3, 0.4) is 0 Å². The van der Waals surface area contributed by atoms with Gasteiger partial charge < -0.3 is 15.4 Å². The fraction of sp³-hybridized carbons (Fsp3) is 0.286. The zero-order valence-electron chi connectivity index (χ0n) is 5.97. The van der Waals surface area contributed by atoms with Gasteiger partial charge in [-0.1, -0.05) is 0 Å². The molecule has 4 heteroatoms. The first-order valence-electron chi connectivity index (χ1n) is 3.29. The van der Waals surface area contributed by atoms with Gasteiger partial charge >= 0.3 is 5.97 Å². The second kappa shape index (κ2) is 3.21. The Morgan fingerprint density at radius 2 is 2.09 bits per heavy atom. The molecule has 0 aliphatic heterocycles. The summed E-state index contributed by atoms with van der Waals surface area (Å²) in [6, 6.07) is 2.84. The van der Waals surface area contributed by atoms with Crippen LogP contribution in [0.25, 0.3) is 0 Å². The Bertz CT molecular complexity index is 231. The average molecular weight is 154 g/mol. The van der Waals surface area contributed by atoms with E-state index in [0.717, 1.165) is 0 Å². The first-order valence-corrected chi connectivity index (χ1v) is 3.29. The van der Waals surface area contributed by atoms with Gasteiger partial charge in [0.05, 0.1) is 0 Å². The summed E-state index contributed by atoms with van der Waals surface area (Å²) < 4.78 is 1.73. The lowest BCUT2D eigenvalue weighted by molar-refractivity contribution is -0.138. The van der Waals surface area contributed by atoms with Crippen molar-refractivity contribution in [2.24, 2.45) is 5.73 Å². The van der Waals surface area contributed by atoms with Gasteiger partial charge in [0.15, 0.2) is 0 Å². The van der Waals surface area contributed by atoms with Crippen LogP contribution in [0.1, 0.15) is 0 Å². The molecule has 11 heavy (non-hydrogen) atoms. The van der Waals surface area contributed by atoms with Crippen molar-refractivity contribution in [3.63, 3.8) is 0 Å². The molecule has 1 aromatic rings. The van der Waals surface area contributed by atoms with Crippen LogP contribution in [0.4, 0.5) is 0 Å². The number of carboxylic acids is 1. The number of carbonyl (C=O) groups is 1. The molecule has 0 radical (unpaired) electrons. The van der Waals surface area contributed by atoms with Gasteiger partial charge in [0.25, 0.3) is 0 Å². The highest BCUT2D eigenvalue weighted by atomic mass is 16.4. The number of aromatic nitrogens is 1. The third-order valence-electron chi connectivity index (χ3n) is 1.39. The molecule has 0 unspecified atom stereocenters. The standard InChI is InChI=1S/C7H10N2O2/c8-6(7(10)11)5-9-3-1-2-4-9/h1-4,6H,5,8H2,(H,10,11)/t6-/m0/s1. The monoisotopic (exact) mass is 154 g/mol. The predicted octanol–water partition coefficient (Wildman–Crippen LogP) is -0.100. The average Bonchev–Trinajstić information content (AvgIpc) is 2.39. The number of carboxylic acid groups (broad SMARTS) is 1. The van der Waals surface area contributed by atoms with E-state index in [-0.39, 0.29) is 0 Å². The van der Waals surface area contributed by atoms with Crippen LogP contribution in [-0.4, -0.2) is 21.7 Å². The van der Waals surface area contributed by atoms with E-state index in [4.69, 9.17) is 10.8 Å². The summed E-state index contributed by atoms with van der Waals surface area (Å²) in [4.78, 5) is 10.3. The van der Waals surface area contributed by atoms with Crippen molar-refractivity contribution in [1.82, 2.24) is 4.57 Å². The Balaban J connectivity index is 2.50. The van der Waals surface area contributed by atoms with E-state index in [1.54, 1.807) is 17.0 Å². The minimum Gasteiger partial charge on any atom is -0.480 e. The van der Waals surface area contributed by atoms with E-state index in [2.05, 4.69) is 0 Å². The molecule has 0 fully saturated rings. The summed E-state index contributed by atoms with van der Waals surface area (Å²) >= 11 is 0. The van der Waals surface area contributed by atoms with Crippen molar-refractivity contribution in [2.75, 3.05) is 0 Å². The van der Waals surface area contributed by atoms with Crippen LogP contribution < -0.4 is 5.73 Å². The number of rotatable bonds is 3. The van der Waals surface area contributed by atoms with E-state index in [1.165, 1.54) is 0 Å². The fourth-order valence-electron chi connectivity index (χ4n) is 0.797. The van der Waals surface area contributed by atoms with Gasteiger partial charge in [0, 0.05) is 18.9 Å². The van der Waals surface area contributed by atoms with Crippen LogP contribution in [-0.2, 0) is 11.3 Å². The maximum Gasteiger partial charge on any atom is 0.322 e. The van der Waals surface area contributed by atoms with Crippen molar-refractivity contribution in [3.8, 4) is 0 Å². The zero-order valence-corrected chi connectivity index (χ0v) is 5.97. The highest BCUT2D eigenvalue weighted by Gasteiger charge is 2.10. The lowest BCUT2D eigenvalue weighted by atomic mass is 10.3. The van der Waals surface area contributed by atoms with Gasteiger partial charge in [-0.2, -0.15) is 0 Å². The molecule has 60 valence electrons. The molecule has 1 heterocycles. The normalized spacial score (nSPS) is 12.8. The first-order chi connectivity index (χ1) is 5.20. The van der Waals surface area contributed by atoms with Gasteiger partial charge in [-0.3, -0.25) is 4.79 Å². The summed E-state index contributed by atoms with van der Waals surface area (Å²) in [5.74, 6) is -0.973. The molecule has 0 aliphatic carbocycles. The number of nitrogens with two attached hydrogens (primary N) is 1. The molecule has 0 aromatic carbocycles.